The molecule has 0 bridgehead atoms. The maximum Gasteiger partial charge on any atom is 0.0236 e. The van der Waals surface area contributed by atoms with E-state index in [-0.39, 0.29) is 0 Å². The molecule has 0 saturated carbocycles. The molecule has 0 aliphatic carbocycles. The topological polar surface area (TPSA) is 29.3 Å². The molecule has 0 fully saturated rings. The van der Waals surface area contributed by atoms with Crippen molar-refractivity contribution in [3.8, 4) is 0 Å². The fourth-order valence-electron chi connectivity index (χ4n) is 3.04. The van der Waals surface area contributed by atoms with Gasteiger partial charge in [0, 0.05) is 13.1 Å². The number of hydrogen-bond donors (Lipinski definition) is 1. The Labute approximate surface area is 118 Å². The van der Waals surface area contributed by atoms with Gasteiger partial charge in [0.2, 0.25) is 0 Å². The maximum absolute atomic E-state index is 5.67. The molecule has 1 aliphatic rings. The van der Waals surface area contributed by atoms with Gasteiger partial charge >= 0.3 is 0 Å². The Hall–Kier alpha value is -0.860. The third-order valence-corrected chi connectivity index (χ3v) is 4.36. The summed E-state index contributed by atoms with van der Waals surface area (Å²) in [6.07, 6.45) is 4.91. The third-order valence-electron chi connectivity index (χ3n) is 4.36. The lowest BCUT2D eigenvalue weighted by atomic mass is 9.84. The van der Waals surface area contributed by atoms with Crippen LogP contribution in [-0.4, -0.2) is 24.5 Å². The van der Waals surface area contributed by atoms with Crippen LogP contribution < -0.4 is 5.73 Å². The summed E-state index contributed by atoms with van der Waals surface area (Å²) in [7, 11) is 0. The minimum atomic E-state index is 0.405. The highest BCUT2D eigenvalue weighted by Gasteiger charge is 2.19. The van der Waals surface area contributed by atoms with E-state index in [1.807, 2.05) is 0 Å². The smallest absolute Gasteiger partial charge is 0.0236 e. The predicted molar refractivity (Wildman–Crippen MR) is 82.1 cm³/mol. The van der Waals surface area contributed by atoms with Crippen LogP contribution in [0.1, 0.15) is 44.2 Å². The van der Waals surface area contributed by atoms with E-state index in [2.05, 4.69) is 43.0 Å². The molecule has 2 rings (SSSR count). The lowest BCUT2D eigenvalue weighted by Crippen LogP contribution is -2.32. The molecule has 0 saturated heterocycles. The average Bonchev–Trinajstić information content (AvgIpc) is 2.38. The Morgan fingerprint density at radius 3 is 2.63 bits per heavy atom. The molecule has 0 spiro atoms. The first-order chi connectivity index (χ1) is 9.11. The zero-order valence-corrected chi connectivity index (χ0v) is 12.5. The second kappa shape index (κ2) is 6.53. The molecular weight excluding hydrogens is 232 g/mol. The van der Waals surface area contributed by atoms with Crippen molar-refractivity contribution in [2.24, 2.45) is 11.1 Å². The summed E-state index contributed by atoms with van der Waals surface area (Å²) in [5, 5.41) is 0. The first-order valence-corrected chi connectivity index (χ1v) is 7.60. The zero-order chi connectivity index (χ0) is 13.7. The van der Waals surface area contributed by atoms with Crippen LogP contribution in [0.25, 0.3) is 0 Å². The highest BCUT2D eigenvalue weighted by Crippen LogP contribution is 2.26. The van der Waals surface area contributed by atoms with E-state index in [0.29, 0.717) is 5.41 Å². The van der Waals surface area contributed by atoms with Gasteiger partial charge in [-0.3, -0.25) is 4.90 Å². The third kappa shape index (κ3) is 4.32. The van der Waals surface area contributed by atoms with E-state index in [1.54, 1.807) is 5.56 Å². The quantitative estimate of drug-likeness (QED) is 0.851. The second-order valence-corrected chi connectivity index (χ2v) is 6.60. The molecule has 0 aromatic heterocycles. The van der Waals surface area contributed by atoms with E-state index in [1.165, 1.54) is 37.9 Å². The molecule has 1 aromatic carbocycles. The molecular formula is C17H28N2. The molecule has 0 radical (unpaired) electrons. The Morgan fingerprint density at radius 1 is 1.16 bits per heavy atom. The molecule has 0 amide bonds. The van der Waals surface area contributed by atoms with Gasteiger partial charge in [-0.15, -0.1) is 0 Å². The van der Waals surface area contributed by atoms with Gasteiger partial charge in [0.15, 0.2) is 0 Å². The monoisotopic (exact) mass is 260 g/mol. The van der Waals surface area contributed by atoms with Crippen molar-refractivity contribution in [2.45, 2.75) is 46.1 Å². The van der Waals surface area contributed by atoms with Gasteiger partial charge in [-0.1, -0.05) is 38.1 Å². The zero-order valence-electron chi connectivity index (χ0n) is 12.5. The summed E-state index contributed by atoms with van der Waals surface area (Å²) >= 11 is 0. The van der Waals surface area contributed by atoms with Crippen LogP contribution in [0.15, 0.2) is 24.3 Å². The maximum atomic E-state index is 5.67. The highest BCUT2D eigenvalue weighted by atomic mass is 15.1. The molecule has 2 N–H and O–H groups in total. The van der Waals surface area contributed by atoms with Crippen molar-refractivity contribution in [3.63, 3.8) is 0 Å². The molecule has 1 aliphatic heterocycles. The summed E-state index contributed by atoms with van der Waals surface area (Å²) in [6, 6.07) is 8.87. The molecule has 2 nitrogen and oxygen atoms in total. The van der Waals surface area contributed by atoms with Crippen molar-refractivity contribution >= 4 is 0 Å². The molecule has 0 unspecified atom stereocenters. The Bertz CT molecular complexity index is 398. The summed E-state index contributed by atoms with van der Waals surface area (Å²) in [5.41, 5.74) is 9.14. The van der Waals surface area contributed by atoms with Gasteiger partial charge in [-0.25, -0.2) is 0 Å². The molecule has 19 heavy (non-hydrogen) atoms. The van der Waals surface area contributed by atoms with Crippen LogP contribution in [-0.2, 0) is 13.0 Å². The fraction of sp³-hybridized carbons (Fsp3) is 0.647. The number of fused-ring (bicyclic) bond motifs is 1. The first kappa shape index (κ1) is 14.5. The van der Waals surface area contributed by atoms with Gasteiger partial charge in [0.1, 0.15) is 0 Å². The standard InChI is InChI=1S/C17H28N2/c1-17(2,10-11-18)9-5-12-19-13-8-15-6-3-4-7-16(15)14-19/h3-4,6-7H,5,8-14,18H2,1-2H3. The van der Waals surface area contributed by atoms with Crippen LogP contribution >= 0.6 is 0 Å². The summed E-state index contributed by atoms with van der Waals surface area (Å²) in [5.74, 6) is 0. The normalized spacial score (nSPS) is 16.4. The van der Waals surface area contributed by atoms with Gasteiger partial charge in [-0.05, 0) is 55.3 Å². The van der Waals surface area contributed by atoms with Gasteiger partial charge < -0.3 is 5.73 Å². The number of rotatable bonds is 6. The number of nitrogens with two attached hydrogens (primary N) is 1. The van der Waals surface area contributed by atoms with Crippen molar-refractivity contribution < 1.29 is 0 Å². The van der Waals surface area contributed by atoms with E-state index in [9.17, 15) is 0 Å². The summed E-state index contributed by atoms with van der Waals surface area (Å²) in [6.45, 7) is 9.06. The van der Waals surface area contributed by atoms with Gasteiger partial charge in [-0.2, -0.15) is 0 Å². The molecule has 1 aromatic rings. The van der Waals surface area contributed by atoms with E-state index in [0.717, 1.165) is 19.5 Å². The highest BCUT2D eigenvalue weighted by molar-refractivity contribution is 5.28. The number of nitrogens with zero attached hydrogens (tertiary/aromatic N) is 1. The molecule has 1 heterocycles. The van der Waals surface area contributed by atoms with Crippen molar-refractivity contribution in [1.82, 2.24) is 4.90 Å². The molecule has 2 heteroatoms. The average molecular weight is 260 g/mol. The van der Waals surface area contributed by atoms with Crippen LogP contribution in [0, 0.1) is 5.41 Å². The first-order valence-electron chi connectivity index (χ1n) is 7.60. The largest absolute Gasteiger partial charge is 0.330 e. The van der Waals surface area contributed by atoms with Gasteiger partial charge in [0.05, 0.1) is 0 Å². The minimum absolute atomic E-state index is 0.405. The van der Waals surface area contributed by atoms with Gasteiger partial charge in [0.25, 0.3) is 0 Å². The lowest BCUT2D eigenvalue weighted by molar-refractivity contribution is 0.222. The van der Waals surface area contributed by atoms with Crippen LogP contribution in [0.5, 0.6) is 0 Å². The van der Waals surface area contributed by atoms with Crippen molar-refractivity contribution in [3.05, 3.63) is 35.4 Å². The predicted octanol–water partition coefficient (Wildman–Crippen LogP) is 3.20. The summed E-state index contributed by atoms with van der Waals surface area (Å²) in [4.78, 5) is 2.60. The van der Waals surface area contributed by atoms with Crippen LogP contribution in [0.3, 0.4) is 0 Å². The molecule has 0 atom stereocenters. The van der Waals surface area contributed by atoms with Crippen LogP contribution in [0.4, 0.5) is 0 Å². The minimum Gasteiger partial charge on any atom is -0.330 e. The Kier molecular flexibility index (Phi) is 5.00. The number of benzene rings is 1. The lowest BCUT2D eigenvalue weighted by Gasteiger charge is -2.30. The summed E-state index contributed by atoms with van der Waals surface area (Å²) < 4.78 is 0. The number of hydrogen-bond acceptors (Lipinski definition) is 2. The Morgan fingerprint density at radius 2 is 1.89 bits per heavy atom. The van der Waals surface area contributed by atoms with E-state index < -0.39 is 0 Å². The van der Waals surface area contributed by atoms with E-state index in [4.69, 9.17) is 5.73 Å². The molecule has 106 valence electrons. The van der Waals surface area contributed by atoms with Crippen LogP contribution in [0.2, 0.25) is 0 Å². The SMILES string of the molecule is CC(C)(CCN)CCCN1CCc2ccccc2C1. The second-order valence-electron chi connectivity index (χ2n) is 6.60. The van der Waals surface area contributed by atoms with Crippen molar-refractivity contribution in [2.75, 3.05) is 19.6 Å². The Balaban J connectivity index is 1.77. The van der Waals surface area contributed by atoms with Crippen molar-refractivity contribution in [1.29, 1.82) is 0 Å². The van der Waals surface area contributed by atoms with E-state index >= 15 is 0 Å². The fourth-order valence-corrected chi connectivity index (χ4v) is 3.04.